The minimum absolute atomic E-state index is 0.0749. The second-order valence-electron chi connectivity index (χ2n) is 4.89. The van der Waals surface area contributed by atoms with Crippen LogP contribution in [0, 0.1) is 11.7 Å². The van der Waals surface area contributed by atoms with Gasteiger partial charge in [-0.15, -0.1) is 0 Å². The molecule has 2 aromatic rings. The molecule has 20 heavy (non-hydrogen) atoms. The monoisotopic (exact) mass is 295 g/mol. The Morgan fingerprint density at radius 1 is 1.45 bits per heavy atom. The van der Waals surface area contributed by atoms with Crippen LogP contribution in [-0.4, -0.2) is 43.2 Å². The Labute approximate surface area is 123 Å². The number of carbonyl (C=O) groups is 1. The Hall–Kier alpha value is -1.63. The SMILES string of the molecule is CCN(CC)C(=O)C(C)n1c(=S)[nH]c2c(C)nn(C)c21. The first-order chi connectivity index (χ1) is 9.42. The van der Waals surface area contributed by atoms with Gasteiger partial charge < -0.3 is 9.88 Å². The molecule has 6 nitrogen and oxygen atoms in total. The maximum absolute atomic E-state index is 12.5. The Morgan fingerprint density at radius 3 is 2.60 bits per heavy atom. The molecule has 0 aliphatic carbocycles. The van der Waals surface area contributed by atoms with Gasteiger partial charge >= 0.3 is 0 Å². The van der Waals surface area contributed by atoms with E-state index in [1.54, 1.807) is 4.68 Å². The summed E-state index contributed by atoms with van der Waals surface area (Å²) >= 11 is 5.38. The molecule has 0 spiro atoms. The Balaban J connectivity index is 2.55. The van der Waals surface area contributed by atoms with Crippen LogP contribution < -0.4 is 0 Å². The average molecular weight is 295 g/mol. The zero-order valence-corrected chi connectivity index (χ0v) is 13.4. The number of rotatable bonds is 4. The van der Waals surface area contributed by atoms with Crippen LogP contribution in [0.4, 0.5) is 0 Å². The van der Waals surface area contributed by atoms with E-state index in [0.29, 0.717) is 17.9 Å². The fourth-order valence-electron chi connectivity index (χ4n) is 2.60. The van der Waals surface area contributed by atoms with E-state index >= 15 is 0 Å². The van der Waals surface area contributed by atoms with E-state index in [0.717, 1.165) is 16.9 Å². The highest BCUT2D eigenvalue weighted by molar-refractivity contribution is 7.71. The highest BCUT2D eigenvalue weighted by Crippen LogP contribution is 2.22. The van der Waals surface area contributed by atoms with E-state index in [1.165, 1.54) is 0 Å². The number of fused-ring (bicyclic) bond motifs is 1. The van der Waals surface area contributed by atoms with Gasteiger partial charge in [-0.3, -0.25) is 14.0 Å². The van der Waals surface area contributed by atoms with E-state index in [2.05, 4.69) is 10.1 Å². The van der Waals surface area contributed by atoms with Crippen LogP contribution >= 0.6 is 12.2 Å². The molecule has 7 heteroatoms. The normalized spacial score (nSPS) is 12.8. The van der Waals surface area contributed by atoms with Crippen molar-refractivity contribution in [1.82, 2.24) is 24.2 Å². The summed E-state index contributed by atoms with van der Waals surface area (Å²) in [6.07, 6.45) is 0. The van der Waals surface area contributed by atoms with Gasteiger partial charge in [-0.1, -0.05) is 0 Å². The first-order valence-electron chi connectivity index (χ1n) is 6.84. The fourth-order valence-corrected chi connectivity index (χ4v) is 2.95. The molecule has 1 amide bonds. The lowest BCUT2D eigenvalue weighted by molar-refractivity contribution is -0.133. The second-order valence-corrected chi connectivity index (χ2v) is 5.28. The number of nitrogens with one attached hydrogen (secondary N) is 1. The minimum atomic E-state index is -0.342. The maximum atomic E-state index is 12.5. The van der Waals surface area contributed by atoms with Crippen molar-refractivity contribution in [3.8, 4) is 0 Å². The lowest BCUT2D eigenvalue weighted by Gasteiger charge is -2.23. The van der Waals surface area contributed by atoms with Gasteiger partial charge in [0, 0.05) is 20.1 Å². The van der Waals surface area contributed by atoms with Crippen molar-refractivity contribution in [2.45, 2.75) is 33.7 Å². The number of imidazole rings is 1. The first-order valence-corrected chi connectivity index (χ1v) is 7.25. The predicted molar refractivity (Wildman–Crippen MR) is 81.3 cm³/mol. The zero-order chi connectivity index (χ0) is 15.0. The molecule has 1 unspecified atom stereocenters. The van der Waals surface area contributed by atoms with Gasteiger partial charge in [0.05, 0.1) is 5.69 Å². The number of amides is 1. The largest absolute Gasteiger partial charge is 0.341 e. The predicted octanol–water partition coefficient (Wildman–Crippen LogP) is 2.17. The third kappa shape index (κ3) is 2.15. The van der Waals surface area contributed by atoms with Gasteiger partial charge in [0.15, 0.2) is 10.4 Å². The summed E-state index contributed by atoms with van der Waals surface area (Å²) in [5.41, 5.74) is 2.65. The van der Waals surface area contributed by atoms with Gasteiger partial charge in [0.1, 0.15) is 11.6 Å². The molecular formula is C13H21N5OS. The number of carbonyl (C=O) groups excluding carboxylic acids is 1. The van der Waals surface area contributed by atoms with Crippen molar-refractivity contribution in [2.75, 3.05) is 13.1 Å². The van der Waals surface area contributed by atoms with Crippen LogP contribution in [0.1, 0.15) is 32.5 Å². The summed E-state index contributed by atoms with van der Waals surface area (Å²) in [6.45, 7) is 9.17. The van der Waals surface area contributed by atoms with E-state index in [4.69, 9.17) is 12.2 Å². The number of nitrogens with zero attached hydrogens (tertiary/aromatic N) is 4. The molecule has 0 bridgehead atoms. The first kappa shape index (κ1) is 14.8. The molecule has 1 atom stereocenters. The summed E-state index contributed by atoms with van der Waals surface area (Å²) in [6, 6.07) is -0.342. The smallest absolute Gasteiger partial charge is 0.245 e. The molecule has 0 radical (unpaired) electrons. The molecule has 0 saturated carbocycles. The van der Waals surface area contributed by atoms with Crippen molar-refractivity contribution in [2.24, 2.45) is 7.05 Å². The van der Waals surface area contributed by atoms with Gasteiger partial charge in [0.2, 0.25) is 5.91 Å². The van der Waals surface area contributed by atoms with Gasteiger partial charge in [-0.25, -0.2) is 0 Å². The molecular weight excluding hydrogens is 274 g/mol. The van der Waals surface area contributed by atoms with Crippen molar-refractivity contribution < 1.29 is 4.79 Å². The van der Waals surface area contributed by atoms with E-state index in [1.807, 2.05) is 44.2 Å². The van der Waals surface area contributed by atoms with Crippen LogP contribution in [0.25, 0.3) is 11.2 Å². The summed E-state index contributed by atoms with van der Waals surface area (Å²) in [4.78, 5) is 17.5. The number of aryl methyl sites for hydroxylation is 2. The molecule has 0 fully saturated rings. The molecule has 0 aromatic carbocycles. The van der Waals surface area contributed by atoms with E-state index in [9.17, 15) is 4.79 Å². The summed E-state index contributed by atoms with van der Waals surface area (Å²) in [5, 5.41) is 4.37. The van der Waals surface area contributed by atoms with Crippen LogP contribution in [0.2, 0.25) is 0 Å². The zero-order valence-electron chi connectivity index (χ0n) is 12.6. The minimum Gasteiger partial charge on any atom is -0.341 e. The molecule has 2 aromatic heterocycles. The molecule has 1 N–H and O–H groups in total. The number of aromatic nitrogens is 4. The van der Waals surface area contributed by atoms with E-state index in [-0.39, 0.29) is 11.9 Å². The number of aromatic amines is 1. The molecule has 2 heterocycles. The van der Waals surface area contributed by atoms with E-state index < -0.39 is 0 Å². The molecule has 2 rings (SSSR count). The Kier molecular flexibility index (Phi) is 3.99. The third-order valence-electron chi connectivity index (χ3n) is 3.69. The number of hydrogen-bond acceptors (Lipinski definition) is 3. The molecule has 0 aliphatic heterocycles. The standard InChI is InChI=1S/C13H21N5OS/c1-6-17(7-2)12(19)9(4)18-11-10(14-13(18)20)8(3)15-16(11)5/h9H,6-7H2,1-5H3,(H,14,20). The third-order valence-corrected chi connectivity index (χ3v) is 3.99. The topological polar surface area (TPSA) is 58.9 Å². The molecule has 0 aliphatic rings. The Morgan fingerprint density at radius 2 is 2.05 bits per heavy atom. The van der Waals surface area contributed by atoms with Crippen molar-refractivity contribution >= 4 is 29.3 Å². The quantitative estimate of drug-likeness (QED) is 0.879. The van der Waals surface area contributed by atoms with Gasteiger partial charge in [-0.2, -0.15) is 5.10 Å². The average Bonchev–Trinajstić information content (AvgIpc) is 2.88. The lowest BCUT2D eigenvalue weighted by Crippen LogP contribution is -2.36. The van der Waals surface area contributed by atoms with Gasteiger partial charge in [0.25, 0.3) is 0 Å². The number of likely N-dealkylation sites (N-methyl/N-ethyl adjacent to an activating group) is 1. The summed E-state index contributed by atoms with van der Waals surface area (Å²) in [5.74, 6) is 0.0749. The number of H-pyrrole nitrogens is 1. The maximum Gasteiger partial charge on any atom is 0.245 e. The summed E-state index contributed by atoms with van der Waals surface area (Å²) in [7, 11) is 1.86. The van der Waals surface area contributed by atoms with Crippen LogP contribution in [0.15, 0.2) is 0 Å². The highest BCUT2D eigenvalue weighted by atomic mass is 32.1. The second kappa shape index (κ2) is 5.40. The molecule has 0 saturated heterocycles. The summed E-state index contributed by atoms with van der Waals surface area (Å²) < 4.78 is 4.18. The van der Waals surface area contributed by atoms with Crippen LogP contribution in [-0.2, 0) is 11.8 Å². The fraction of sp³-hybridized carbons (Fsp3) is 0.615. The highest BCUT2D eigenvalue weighted by Gasteiger charge is 2.24. The van der Waals surface area contributed by atoms with Crippen LogP contribution in [0.3, 0.4) is 0 Å². The van der Waals surface area contributed by atoms with Gasteiger partial charge in [-0.05, 0) is 39.9 Å². The Bertz CT molecular complexity index is 691. The van der Waals surface area contributed by atoms with Crippen molar-refractivity contribution in [1.29, 1.82) is 0 Å². The lowest BCUT2D eigenvalue weighted by atomic mass is 10.2. The van der Waals surface area contributed by atoms with Crippen LogP contribution in [0.5, 0.6) is 0 Å². The number of hydrogen-bond donors (Lipinski definition) is 1. The van der Waals surface area contributed by atoms with Crippen molar-refractivity contribution in [3.63, 3.8) is 0 Å². The van der Waals surface area contributed by atoms with Crippen molar-refractivity contribution in [3.05, 3.63) is 10.5 Å². The molecule has 110 valence electrons.